The van der Waals surface area contributed by atoms with Crippen molar-refractivity contribution < 1.29 is 4.74 Å². The average Bonchev–Trinajstić information content (AvgIpc) is 3.22. The summed E-state index contributed by atoms with van der Waals surface area (Å²) < 4.78 is 6.94. The second kappa shape index (κ2) is 13.2. The van der Waals surface area contributed by atoms with E-state index in [1.807, 2.05) is 0 Å². The summed E-state index contributed by atoms with van der Waals surface area (Å²) in [7, 11) is -1.46. The first kappa shape index (κ1) is 33.2. The molecular formula is C51H40BNOSi. The minimum absolute atomic E-state index is 0.0447. The molecule has 1 aliphatic heterocycles. The topological polar surface area (TPSA) is 12.5 Å². The van der Waals surface area contributed by atoms with Gasteiger partial charge in [0.1, 0.15) is 11.5 Å². The van der Waals surface area contributed by atoms with Crippen molar-refractivity contribution in [1.82, 2.24) is 0 Å². The van der Waals surface area contributed by atoms with E-state index in [1.54, 1.807) is 0 Å². The fourth-order valence-electron chi connectivity index (χ4n) is 8.58. The largest absolute Gasteiger partial charge is 0.456 e. The van der Waals surface area contributed by atoms with E-state index in [2.05, 4.69) is 213 Å². The van der Waals surface area contributed by atoms with Gasteiger partial charge in [-0.3, -0.25) is 0 Å². The van der Waals surface area contributed by atoms with Gasteiger partial charge in [-0.15, -0.1) is 0 Å². The van der Waals surface area contributed by atoms with E-state index in [0.29, 0.717) is 0 Å². The summed E-state index contributed by atoms with van der Waals surface area (Å²) >= 11 is 0. The van der Waals surface area contributed by atoms with Gasteiger partial charge in [-0.1, -0.05) is 181 Å². The van der Waals surface area contributed by atoms with Crippen LogP contribution in [0.1, 0.15) is 0 Å². The standard InChI is InChI=1S/C51H40BNOSi/c1-55(2,3)42-28-25-39(26-29-42)53(40-24-23-35-13-7-8-15-37(35)33-40)41-27-30-44-45-31-32-48(46-20-12-22-49(51(45)46)54-50(44)34-41)52(38-17-5-4-6-18-38)47-21-11-16-36-14-9-10-19-43(36)47/h4-34H,1-3H3. The van der Waals surface area contributed by atoms with Crippen LogP contribution in [0.3, 0.4) is 0 Å². The van der Waals surface area contributed by atoms with Gasteiger partial charge in [0.2, 0.25) is 6.71 Å². The van der Waals surface area contributed by atoms with E-state index in [9.17, 15) is 0 Å². The molecule has 262 valence electrons. The Kier molecular flexibility index (Phi) is 7.97. The van der Waals surface area contributed by atoms with Crippen LogP contribution in [-0.4, -0.2) is 14.8 Å². The normalized spacial score (nSPS) is 12.1. The van der Waals surface area contributed by atoms with Crippen LogP contribution in [-0.2, 0) is 0 Å². The van der Waals surface area contributed by atoms with Crippen molar-refractivity contribution in [2.45, 2.75) is 19.6 Å². The molecule has 1 aliphatic rings. The molecule has 0 N–H and O–H groups in total. The van der Waals surface area contributed by atoms with Crippen LogP contribution < -0.4 is 31.2 Å². The van der Waals surface area contributed by atoms with Crippen LogP contribution in [0.2, 0.25) is 19.6 Å². The zero-order chi connectivity index (χ0) is 37.1. The predicted molar refractivity (Wildman–Crippen MR) is 240 cm³/mol. The maximum atomic E-state index is 6.94. The Hall–Kier alpha value is -6.36. The molecule has 0 atom stereocenters. The third-order valence-electron chi connectivity index (χ3n) is 11.3. The predicted octanol–water partition coefficient (Wildman–Crippen LogP) is 11.5. The molecule has 9 aromatic rings. The average molecular weight is 722 g/mol. The minimum Gasteiger partial charge on any atom is -0.456 e. The van der Waals surface area contributed by atoms with E-state index in [-0.39, 0.29) is 6.71 Å². The van der Waals surface area contributed by atoms with E-state index in [4.69, 9.17) is 4.74 Å². The van der Waals surface area contributed by atoms with Crippen molar-refractivity contribution in [3.63, 3.8) is 0 Å². The molecule has 0 spiro atoms. The Balaban J connectivity index is 1.12. The van der Waals surface area contributed by atoms with Crippen LogP contribution in [0, 0.1) is 0 Å². The number of rotatable bonds is 7. The molecule has 0 saturated carbocycles. The summed E-state index contributed by atoms with van der Waals surface area (Å²) in [4.78, 5) is 2.36. The van der Waals surface area contributed by atoms with Gasteiger partial charge in [-0.25, -0.2) is 0 Å². The molecule has 1 heterocycles. The smallest absolute Gasteiger partial charge is 0.242 e. The summed E-state index contributed by atoms with van der Waals surface area (Å²) in [6, 6.07) is 68.8. The van der Waals surface area contributed by atoms with Gasteiger partial charge in [0.15, 0.2) is 0 Å². The first-order valence-corrected chi connectivity index (χ1v) is 22.7. The first-order chi connectivity index (χ1) is 26.9. The number of benzene rings is 9. The van der Waals surface area contributed by atoms with Crippen molar-refractivity contribution in [2.75, 3.05) is 4.90 Å². The second-order valence-electron chi connectivity index (χ2n) is 15.7. The summed E-state index contributed by atoms with van der Waals surface area (Å²) in [6.45, 7) is 7.24. The Morgan fingerprint density at radius 2 is 1.05 bits per heavy atom. The van der Waals surface area contributed by atoms with Gasteiger partial charge in [0, 0.05) is 34.1 Å². The fourth-order valence-corrected chi connectivity index (χ4v) is 9.75. The van der Waals surface area contributed by atoms with Crippen molar-refractivity contribution in [1.29, 1.82) is 0 Å². The summed E-state index contributed by atoms with van der Waals surface area (Å²) in [5, 5.41) is 8.80. The number of nitrogens with zero attached hydrogens (tertiary/aromatic N) is 1. The van der Waals surface area contributed by atoms with Gasteiger partial charge in [0.05, 0.1) is 8.07 Å². The minimum atomic E-state index is -1.46. The van der Waals surface area contributed by atoms with Crippen LogP contribution in [0.25, 0.3) is 43.4 Å². The molecule has 10 rings (SSSR count). The van der Waals surface area contributed by atoms with Crippen molar-refractivity contribution in [3.05, 3.63) is 188 Å². The lowest BCUT2D eigenvalue weighted by molar-refractivity contribution is 0.487. The Bertz CT molecular complexity index is 2890. The number of ether oxygens (including phenoxy) is 1. The summed E-state index contributed by atoms with van der Waals surface area (Å²) in [5.41, 5.74) is 9.45. The highest BCUT2D eigenvalue weighted by Gasteiger charge is 2.29. The second-order valence-corrected chi connectivity index (χ2v) is 20.8. The number of fused-ring (bicyclic) bond motifs is 4. The third-order valence-corrected chi connectivity index (χ3v) is 13.4. The van der Waals surface area contributed by atoms with E-state index >= 15 is 0 Å². The lowest BCUT2D eigenvalue weighted by Crippen LogP contribution is -2.52. The lowest BCUT2D eigenvalue weighted by atomic mass is 9.35. The highest BCUT2D eigenvalue weighted by molar-refractivity contribution is 6.98. The molecule has 55 heavy (non-hydrogen) atoms. The molecular weight excluding hydrogens is 681 g/mol. The SMILES string of the molecule is C[Si](C)(C)c1ccc(N(c2ccc3c(c2)Oc2cccc4c(B(c5ccccc5)c5cccc6ccccc56)ccc-3c24)c2ccc3ccccc3c2)cc1. The van der Waals surface area contributed by atoms with Crippen molar-refractivity contribution in [3.8, 4) is 22.6 Å². The molecule has 2 nitrogen and oxygen atoms in total. The molecule has 0 amide bonds. The van der Waals surface area contributed by atoms with Crippen molar-refractivity contribution in [2.24, 2.45) is 0 Å². The van der Waals surface area contributed by atoms with E-state index < -0.39 is 8.07 Å². The molecule has 9 aromatic carbocycles. The Morgan fingerprint density at radius 3 is 1.87 bits per heavy atom. The van der Waals surface area contributed by atoms with Gasteiger partial charge in [0.25, 0.3) is 0 Å². The van der Waals surface area contributed by atoms with E-state index in [0.717, 1.165) is 39.5 Å². The van der Waals surface area contributed by atoms with Gasteiger partial charge in [-0.2, -0.15) is 0 Å². The number of hydrogen-bond donors (Lipinski definition) is 0. The Labute approximate surface area is 324 Å². The van der Waals surface area contributed by atoms with Gasteiger partial charge >= 0.3 is 0 Å². The number of hydrogen-bond acceptors (Lipinski definition) is 2. The zero-order valence-electron chi connectivity index (χ0n) is 31.3. The highest BCUT2D eigenvalue weighted by Crippen LogP contribution is 2.48. The third kappa shape index (κ3) is 5.82. The maximum Gasteiger partial charge on any atom is 0.242 e. The zero-order valence-corrected chi connectivity index (χ0v) is 32.3. The molecule has 0 aromatic heterocycles. The quantitative estimate of drug-likeness (QED) is 0.152. The van der Waals surface area contributed by atoms with Crippen LogP contribution in [0.4, 0.5) is 17.1 Å². The van der Waals surface area contributed by atoms with Crippen LogP contribution in [0.15, 0.2) is 188 Å². The monoisotopic (exact) mass is 721 g/mol. The van der Waals surface area contributed by atoms with Gasteiger partial charge in [-0.05, 0) is 75.0 Å². The molecule has 4 heteroatoms. The number of anilines is 3. The van der Waals surface area contributed by atoms with E-state index in [1.165, 1.54) is 54.1 Å². The molecule has 0 bridgehead atoms. The molecule has 0 saturated heterocycles. The van der Waals surface area contributed by atoms with Gasteiger partial charge < -0.3 is 9.64 Å². The summed E-state index contributed by atoms with van der Waals surface area (Å²) in [5.74, 6) is 1.75. The lowest BCUT2D eigenvalue weighted by Gasteiger charge is -2.29. The molecule has 0 aliphatic carbocycles. The molecule has 0 fully saturated rings. The van der Waals surface area contributed by atoms with Crippen molar-refractivity contribution >= 4 is 85.7 Å². The molecule has 0 radical (unpaired) electrons. The van der Waals surface area contributed by atoms with Crippen LogP contribution >= 0.6 is 0 Å². The first-order valence-electron chi connectivity index (χ1n) is 19.2. The Morgan fingerprint density at radius 1 is 0.436 bits per heavy atom. The van der Waals surface area contributed by atoms with Crippen LogP contribution in [0.5, 0.6) is 11.5 Å². The summed E-state index contributed by atoms with van der Waals surface area (Å²) in [6.07, 6.45) is 0. The maximum absolute atomic E-state index is 6.94. The molecule has 0 unspecified atom stereocenters. The fraction of sp³-hybridized carbons (Fsp3) is 0.0588. The highest BCUT2D eigenvalue weighted by atomic mass is 28.3.